The van der Waals surface area contributed by atoms with Gasteiger partial charge in [-0.2, -0.15) is 18.6 Å². The second-order valence-corrected chi connectivity index (χ2v) is 22.6. The van der Waals surface area contributed by atoms with Gasteiger partial charge < -0.3 is 14.9 Å². The molecule has 0 aliphatic heterocycles. The number of carbonyl (C=O) groups is 2. The van der Waals surface area contributed by atoms with E-state index in [4.69, 9.17) is 10.2 Å². The molecule has 6 rings (SSSR count). The highest BCUT2D eigenvalue weighted by Crippen LogP contribution is 2.33. The number of halogens is 2. The van der Waals surface area contributed by atoms with Gasteiger partial charge in [-0.1, -0.05) is 27.7 Å². The lowest BCUT2D eigenvalue weighted by molar-refractivity contribution is -0.136. The summed E-state index contributed by atoms with van der Waals surface area (Å²) >= 11 is 0. The van der Waals surface area contributed by atoms with Gasteiger partial charge in [-0.05, 0) is 173 Å². The topological polar surface area (TPSA) is 229 Å². The van der Waals surface area contributed by atoms with Gasteiger partial charge in [0.1, 0.15) is 11.6 Å². The number of carboxylic acid groups (broad SMARTS) is 1. The van der Waals surface area contributed by atoms with Crippen LogP contribution in [0.2, 0.25) is 0 Å². The summed E-state index contributed by atoms with van der Waals surface area (Å²) in [6, 6.07) is 15.3. The molecule has 0 unspecified atom stereocenters. The van der Waals surface area contributed by atoms with Crippen LogP contribution >= 0.6 is 0 Å². The van der Waals surface area contributed by atoms with Crippen molar-refractivity contribution in [3.8, 4) is 22.3 Å². The minimum Gasteiger partial charge on any atom is -0.481 e. The molecule has 21 heteroatoms. The van der Waals surface area contributed by atoms with Gasteiger partial charge in [0.05, 0.1) is 23.9 Å². The number of primary sulfonamides is 1. The van der Waals surface area contributed by atoms with Crippen molar-refractivity contribution in [3.63, 3.8) is 0 Å². The predicted molar refractivity (Wildman–Crippen MR) is 269 cm³/mol. The standard InChI is InChI=1S/C25H32FN5O3S.C16H16FNO2.C9H18N4O2S/c1-17(2)20-13-19(26)14-21(18-7-10-27-11-8-18)22(20)15-23(32)29-35(33,34)24-9-12-31(28-24)25(3,4)16-30(5)6;1-10(2)13-7-12(17)8-14(15(13)9-16(19)20)11-3-5-18-6-4-11;1-9(2,7-12(3)4)13-6-5-8(11-13)16(10,14)15/h7-14,17H,15-16H2,1-6H3,(H,29,32);3-8,10H,9H2,1-2H3,(H,19,20);5-6H,7H2,1-4H3,(H2,10,14,15). The number of nitrogens with two attached hydrogens (primary N) is 1. The zero-order valence-corrected chi connectivity index (χ0v) is 44.0. The molecule has 2 aromatic carbocycles. The summed E-state index contributed by atoms with van der Waals surface area (Å²) in [6.45, 7) is 16.9. The number of hydrogen-bond acceptors (Lipinski definition) is 12. The minimum absolute atomic E-state index is 0.0561. The number of likely N-dealkylation sites (N-methyl/N-ethyl adjacent to an activating group) is 2. The van der Waals surface area contributed by atoms with Crippen LogP contribution in [0.4, 0.5) is 8.78 Å². The highest BCUT2D eigenvalue weighted by molar-refractivity contribution is 7.90. The lowest BCUT2D eigenvalue weighted by Crippen LogP contribution is -2.38. The quantitative estimate of drug-likeness (QED) is 0.0836. The van der Waals surface area contributed by atoms with Gasteiger partial charge >= 0.3 is 5.97 Å². The molecule has 384 valence electrons. The number of amides is 1. The molecule has 4 N–H and O–H groups in total. The maximum atomic E-state index is 14.4. The first kappa shape index (κ1) is 57.3. The Hall–Kier alpha value is -6.26. The summed E-state index contributed by atoms with van der Waals surface area (Å²) in [5, 5.41) is 22.0. The van der Waals surface area contributed by atoms with Crippen LogP contribution in [0, 0.1) is 11.6 Å². The zero-order chi connectivity index (χ0) is 53.2. The van der Waals surface area contributed by atoms with E-state index in [0.29, 0.717) is 39.9 Å². The Kier molecular flexibility index (Phi) is 19.2. The first-order valence-electron chi connectivity index (χ1n) is 22.6. The van der Waals surface area contributed by atoms with Gasteiger partial charge in [-0.3, -0.25) is 28.9 Å². The van der Waals surface area contributed by atoms with Gasteiger partial charge in [0, 0.05) is 50.3 Å². The van der Waals surface area contributed by atoms with Crippen molar-refractivity contribution < 1.29 is 40.3 Å². The molecule has 17 nitrogen and oxygen atoms in total. The molecule has 1 amide bonds. The number of benzene rings is 2. The Morgan fingerprint density at radius 3 is 1.39 bits per heavy atom. The van der Waals surface area contributed by atoms with Crippen molar-refractivity contribution in [2.45, 2.75) is 101 Å². The third-order valence-electron chi connectivity index (χ3n) is 11.0. The van der Waals surface area contributed by atoms with Crippen molar-refractivity contribution in [3.05, 3.63) is 132 Å². The fourth-order valence-electron chi connectivity index (χ4n) is 8.15. The van der Waals surface area contributed by atoms with Crippen LogP contribution < -0.4 is 9.86 Å². The largest absolute Gasteiger partial charge is 0.481 e. The first-order valence-corrected chi connectivity index (χ1v) is 25.6. The van der Waals surface area contributed by atoms with E-state index in [1.54, 1.807) is 70.8 Å². The van der Waals surface area contributed by atoms with Crippen LogP contribution in [0.25, 0.3) is 22.3 Å². The molecular formula is C50H66F2N10O7S2. The summed E-state index contributed by atoms with van der Waals surface area (Å²) in [6.07, 6.45) is 9.24. The predicted octanol–water partition coefficient (Wildman–Crippen LogP) is 7.02. The summed E-state index contributed by atoms with van der Waals surface area (Å²) in [5.74, 6) is -2.46. The summed E-state index contributed by atoms with van der Waals surface area (Å²) in [7, 11) is -0.170. The third-order valence-corrected chi connectivity index (χ3v) is 13.0. The maximum Gasteiger partial charge on any atom is 0.307 e. The number of hydrogen-bond donors (Lipinski definition) is 3. The van der Waals surface area contributed by atoms with Gasteiger partial charge in [0.2, 0.25) is 5.91 Å². The Bertz CT molecular complexity index is 3000. The van der Waals surface area contributed by atoms with Crippen molar-refractivity contribution in [1.29, 1.82) is 0 Å². The molecule has 0 fully saturated rings. The van der Waals surface area contributed by atoms with E-state index >= 15 is 0 Å². The number of carbonyl (C=O) groups excluding carboxylic acids is 1. The molecule has 0 bridgehead atoms. The van der Waals surface area contributed by atoms with E-state index in [1.165, 1.54) is 36.4 Å². The molecule has 0 saturated carbocycles. The fourth-order valence-corrected chi connectivity index (χ4v) is 9.51. The van der Waals surface area contributed by atoms with E-state index < -0.39 is 43.3 Å². The van der Waals surface area contributed by atoms with E-state index in [1.807, 2.05) is 93.4 Å². The number of pyridine rings is 2. The van der Waals surface area contributed by atoms with Gasteiger partial charge in [0.15, 0.2) is 10.1 Å². The number of sulfonamides is 2. The maximum absolute atomic E-state index is 14.4. The Balaban J connectivity index is 0.000000256. The number of rotatable bonds is 17. The van der Waals surface area contributed by atoms with Crippen LogP contribution in [-0.4, -0.2) is 114 Å². The average molecular weight is 1020 g/mol. The first-order chi connectivity index (χ1) is 32.9. The molecular weight excluding hydrogens is 955 g/mol. The Morgan fingerprint density at radius 2 is 1.04 bits per heavy atom. The van der Waals surface area contributed by atoms with E-state index in [2.05, 4.69) is 24.9 Å². The molecule has 0 saturated heterocycles. The SMILES string of the molecule is CC(C)c1cc(F)cc(-c2ccncc2)c1CC(=O)NS(=O)(=O)c1ccn(C(C)(C)CN(C)C)n1.CC(C)c1cc(F)cc(-c2ccncc2)c1CC(=O)O.CN(C)CC(C)(C)n1ccc(S(N)(=O)=O)n1. The monoisotopic (exact) mass is 1020 g/mol. The molecule has 0 radical (unpaired) electrons. The van der Waals surface area contributed by atoms with Crippen LogP contribution in [0.15, 0.2) is 108 Å². The molecule has 71 heavy (non-hydrogen) atoms. The van der Waals surface area contributed by atoms with E-state index in [0.717, 1.165) is 17.7 Å². The summed E-state index contributed by atoms with van der Waals surface area (Å²) < 4.78 is 81.6. The van der Waals surface area contributed by atoms with Gasteiger partial charge in [-0.15, -0.1) is 0 Å². The lowest BCUT2D eigenvalue weighted by atomic mass is 9.88. The van der Waals surface area contributed by atoms with Crippen molar-refractivity contribution in [2.75, 3.05) is 41.3 Å². The van der Waals surface area contributed by atoms with Crippen LogP contribution in [-0.2, 0) is 53.6 Å². The number of carboxylic acids is 1. The molecule has 0 aliphatic rings. The molecule has 4 heterocycles. The average Bonchev–Trinajstić information content (AvgIpc) is 3.98. The summed E-state index contributed by atoms with van der Waals surface area (Å²) in [4.78, 5) is 36.0. The summed E-state index contributed by atoms with van der Waals surface area (Å²) in [5.41, 5.74) is 4.48. The van der Waals surface area contributed by atoms with Gasteiger partial charge in [0.25, 0.3) is 20.0 Å². The second kappa shape index (κ2) is 23.8. The highest BCUT2D eigenvalue weighted by atomic mass is 32.2. The number of aromatic nitrogens is 6. The Labute approximate surface area is 416 Å². The van der Waals surface area contributed by atoms with E-state index in [9.17, 15) is 35.2 Å². The smallest absolute Gasteiger partial charge is 0.307 e. The van der Waals surface area contributed by atoms with Gasteiger partial charge in [-0.25, -0.2) is 27.1 Å². The normalized spacial score (nSPS) is 12.2. The zero-order valence-electron chi connectivity index (χ0n) is 42.3. The van der Waals surface area contributed by atoms with Crippen molar-refractivity contribution in [2.24, 2.45) is 5.14 Å². The second-order valence-electron chi connectivity index (χ2n) is 19.4. The highest BCUT2D eigenvalue weighted by Gasteiger charge is 2.28. The van der Waals surface area contributed by atoms with Crippen molar-refractivity contribution in [1.82, 2.24) is 44.1 Å². The Morgan fingerprint density at radius 1 is 0.662 bits per heavy atom. The fraction of sp³-hybridized carbons (Fsp3) is 0.400. The molecule has 0 atom stereocenters. The molecule has 6 aromatic rings. The molecule has 0 spiro atoms. The minimum atomic E-state index is -4.20. The molecule has 0 aliphatic carbocycles. The lowest BCUT2D eigenvalue weighted by Gasteiger charge is -2.28. The van der Waals surface area contributed by atoms with Crippen LogP contribution in [0.1, 0.15) is 89.5 Å². The number of nitrogens with zero attached hydrogens (tertiary/aromatic N) is 8. The van der Waals surface area contributed by atoms with Crippen LogP contribution in [0.3, 0.4) is 0 Å². The van der Waals surface area contributed by atoms with E-state index in [-0.39, 0.29) is 46.1 Å². The number of nitrogens with one attached hydrogen (secondary N) is 1. The van der Waals surface area contributed by atoms with Crippen LogP contribution in [0.5, 0.6) is 0 Å². The van der Waals surface area contributed by atoms with Crippen molar-refractivity contribution >= 4 is 31.9 Å². The third kappa shape index (κ3) is 16.1. The number of aliphatic carboxylic acids is 1. The molecule has 4 aromatic heterocycles.